The van der Waals surface area contributed by atoms with Gasteiger partial charge in [-0.2, -0.15) is 0 Å². The van der Waals surface area contributed by atoms with Crippen LogP contribution in [0.5, 0.6) is 0 Å². The van der Waals surface area contributed by atoms with Crippen molar-refractivity contribution in [3.8, 4) is 0 Å². The average molecular weight is 182 g/mol. The predicted molar refractivity (Wildman–Crippen MR) is 58.8 cm³/mol. The first-order chi connectivity index (χ1) is 6.20. The molecule has 0 aliphatic carbocycles. The van der Waals surface area contributed by atoms with Crippen molar-refractivity contribution >= 4 is 0 Å². The predicted octanol–water partition coefficient (Wildman–Crippen LogP) is 3.54. The molecule has 0 fully saturated rings. The summed E-state index contributed by atoms with van der Waals surface area (Å²) in [5.41, 5.74) is 2.05. The Hall–Kier alpha value is -0.920. The molecule has 1 rings (SSSR count). The molecule has 0 spiro atoms. The fourth-order valence-corrected chi connectivity index (χ4v) is 0.588. The molecule has 13 heavy (non-hydrogen) atoms. The highest BCUT2D eigenvalue weighted by atomic mass is 14.8. The van der Waals surface area contributed by atoms with Gasteiger partial charge in [0.25, 0.3) is 0 Å². The Kier molecular flexibility index (Phi) is 12.4. The fraction of sp³-hybridized carbons (Fsp3) is 0.636. The molecule has 0 atom stereocenters. The largest absolute Gasteiger partial charge is 0.242 e. The quantitative estimate of drug-likeness (QED) is 0.613. The summed E-state index contributed by atoms with van der Waals surface area (Å²) in [6.07, 6.45) is 2.82. The molecule has 1 heterocycles. The molecule has 0 unspecified atom stereocenters. The van der Waals surface area contributed by atoms with E-state index in [1.54, 1.807) is 6.33 Å². The van der Waals surface area contributed by atoms with Gasteiger partial charge in [0, 0.05) is 11.4 Å². The summed E-state index contributed by atoms with van der Waals surface area (Å²) in [6.45, 7) is 12.2. The standard InChI is InChI=1S/C6H8N2.C3H8.C2H6/c1-5-3-6(2)8-4-7-5;1-3-2;1-2/h3-4H,1-2H3;3H2,1-2H3;1-2H3. The second-order valence-corrected chi connectivity index (χ2v) is 2.51. The smallest absolute Gasteiger partial charge is 0.115 e. The lowest BCUT2D eigenvalue weighted by atomic mass is 10.4. The van der Waals surface area contributed by atoms with Crippen molar-refractivity contribution in [2.75, 3.05) is 0 Å². The van der Waals surface area contributed by atoms with Crippen LogP contribution in [0.3, 0.4) is 0 Å². The van der Waals surface area contributed by atoms with E-state index in [-0.39, 0.29) is 0 Å². The van der Waals surface area contributed by atoms with E-state index in [4.69, 9.17) is 0 Å². The van der Waals surface area contributed by atoms with Crippen LogP contribution in [-0.4, -0.2) is 9.97 Å². The SMILES string of the molecule is CC.CCC.Cc1cc(C)ncn1. The molecule has 0 aromatic carbocycles. The minimum atomic E-state index is 1.03. The molecule has 2 nitrogen and oxygen atoms in total. The summed E-state index contributed by atoms with van der Waals surface area (Å²) in [7, 11) is 0. The summed E-state index contributed by atoms with van der Waals surface area (Å²) < 4.78 is 0. The van der Waals surface area contributed by atoms with Crippen molar-refractivity contribution in [3.63, 3.8) is 0 Å². The molecular weight excluding hydrogens is 160 g/mol. The number of aromatic nitrogens is 2. The van der Waals surface area contributed by atoms with E-state index in [1.807, 2.05) is 33.8 Å². The van der Waals surface area contributed by atoms with Gasteiger partial charge in [-0.3, -0.25) is 0 Å². The lowest BCUT2D eigenvalue weighted by Crippen LogP contribution is -1.84. The Labute approximate surface area is 82.4 Å². The van der Waals surface area contributed by atoms with Gasteiger partial charge < -0.3 is 0 Å². The molecule has 0 amide bonds. The van der Waals surface area contributed by atoms with Crippen molar-refractivity contribution < 1.29 is 0 Å². The Morgan fingerprint density at radius 3 is 1.46 bits per heavy atom. The minimum absolute atomic E-state index is 1.03. The van der Waals surface area contributed by atoms with E-state index in [0.717, 1.165) is 11.4 Å². The fourth-order valence-electron chi connectivity index (χ4n) is 0.588. The number of nitrogens with zero attached hydrogens (tertiary/aromatic N) is 2. The molecule has 2 heteroatoms. The van der Waals surface area contributed by atoms with Crippen molar-refractivity contribution in [1.29, 1.82) is 0 Å². The molecule has 0 saturated heterocycles. The maximum Gasteiger partial charge on any atom is 0.115 e. The molecular formula is C11H22N2. The van der Waals surface area contributed by atoms with Gasteiger partial charge in [0.15, 0.2) is 0 Å². The zero-order valence-electron chi connectivity index (χ0n) is 9.76. The average Bonchev–Trinajstić information content (AvgIpc) is 2.08. The summed E-state index contributed by atoms with van der Waals surface area (Å²) in [6, 6.07) is 1.94. The summed E-state index contributed by atoms with van der Waals surface area (Å²) in [5, 5.41) is 0. The van der Waals surface area contributed by atoms with Crippen molar-refractivity contribution in [2.24, 2.45) is 0 Å². The number of rotatable bonds is 0. The van der Waals surface area contributed by atoms with Crippen LogP contribution in [-0.2, 0) is 0 Å². The summed E-state index contributed by atoms with van der Waals surface area (Å²) >= 11 is 0. The summed E-state index contributed by atoms with van der Waals surface area (Å²) in [5.74, 6) is 0. The van der Waals surface area contributed by atoms with E-state index in [0.29, 0.717) is 0 Å². The maximum absolute atomic E-state index is 3.93. The first-order valence-corrected chi connectivity index (χ1v) is 4.96. The van der Waals surface area contributed by atoms with Crippen LogP contribution in [0, 0.1) is 13.8 Å². The van der Waals surface area contributed by atoms with Gasteiger partial charge >= 0.3 is 0 Å². The van der Waals surface area contributed by atoms with E-state index in [9.17, 15) is 0 Å². The highest BCUT2D eigenvalue weighted by Gasteiger charge is 1.83. The monoisotopic (exact) mass is 182 g/mol. The van der Waals surface area contributed by atoms with Gasteiger partial charge in [-0.1, -0.05) is 34.1 Å². The Morgan fingerprint density at radius 2 is 1.31 bits per heavy atom. The van der Waals surface area contributed by atoms with Crippen LogP contribution in [0.1, 0.15) is 45.5 Å². The normalized spacial score (nSPS) is 7.54. The molecule has 0 saturated carbocycles. The van der Waals surface area contributed by atoms with Crippen LogP contribution in [0.4, 0.5) is 0 Å². The number of hydrogen-bond donors (Lipinski definition) is 0. The van der Waals surface area contributed by atoms with Crippen LogP contribution in [0.2, 0.25) is 0 Å². The third kappa shape index (κ3) is 11.1. The van der Waals surface area contributed by atoms with Crippen molar-refractivity contribution in [2.45, 2.75) is 48.0 Å². The second-order valence-electron chi connectivity index (χ2n) is 2.51. The van der Waals surface area contributed by atoms with Gasteiger partial charge in [-0.05, 0) is 19.9 Å². The summed E-state index contributed by atoms with van der Waals surface area (Å²) in [4.78, 5) is 7.86. The van der Waals surface area contributed by atoms with E-state index in [2.05, 4.69) is 23.8 Å². The van der Waals surface area contributed by atoms with Crippen molar-refractivity contribution in [1.82, 2.24) is 9.97 Å². The minimum Gasteiger partial charge on any atom is -0.242 e. The first-order valence-electron chi connectivity index (χ1n) is 4.96. The van der Waals surface area contributed by atoms with Crippen LogP contribution in [0.15, 0.2) is 12.4 Å². The van der Waals surface area contributed by atoms with Crippen LogP contribution in [0.25, 0.3) is 0 Å². The maximum atomic E-state index is 3.93. The molecule has 0 aliphatic heterocycles. The molecule has 76 valence electrons. The van der Waals surface area contributed by atoms with Gasteiger partial charge in [-0.15, -0.1) is 0 Å². The van der Waals surface area contributed by atoms with E-state index in [1.165, 1.54) is 6.42 Å². The van der Waals surface area contributed by atoms with E-state index < -0.39 is 0 Å². The molecule has 0 N–H and O–H groups in total. The third-order valence-electron chi connectivity index (χ3n) is 0.941. The van der Waals surface area contributed by atoms with Gasteiger partial charge in [0.1, 0.15) is 6.33 Å². The molecule has 0 bridgehead atoms. The lowest BCUT2D eigenvalue weighted by molar-refractivity contribution is 1.05. The third-order valence-corrected chi connectivity index (χ3v) is 0.941. The highest BCUT2D eigenvalue weighted by molar-refractivity contribution is 5.03. The van der Waals surface area contributed by atoms with Crippen LogP contribution >= 0.6 is 0 Å². The first kappa shape index (κ1) is 14.6. The highest BCUT2D eigenvalue weighted by Crippen LogP contribution is 1.91. The molecule has 0 radical (unpaired) electrons. The lowest BCUT2D eigenvalue weighted by Gasteiger charge is -1.89. The second kappa shape index (κ2) is 11.1. The topological polar surface area (TPSA) is 25.8 Å². The van der Waals surface area contributed by atoms with Gasteiger partial charge in [-0.25, -0.2) is 9.97 Å². The number of aryl methyl sites for hydroxylation is 2. The zero-order valence-corrected chi connectivity index (χ0v) is 9.76. The van der Waals surface area contributed by atoms with Gasteiger partial charge in [0.05, 0.1) is 0 Å². The Balaban J connectivity index is 0. The zero-order chi connectivity index (χ0) is 10.7. The Morgan fingerprint density at radius 1 is 1.00 bits per heavy atom. The van der Waals surface area contributed by atoms with Crippen molar-refractivity contribution in [3.05, 3.63) is 23.8 Å². The molecule has 1 aromatic rings. The van der Waals surface area contributed by atoms with Gasteiger partial charge in [0.2, 0.25) is 0 Å². The molecule has 1 aromatic heterocycles. The Bertz CT molecular complexity index is 180. The van der Waals surface area contributed by atoms with E-state index >= 15 is 0 Å². The van der Waals surface area contributed by atoms with Crippen LogP contribution < -0.4 is 0 Å². The molecule has 0 aliphatic rings. The number of hydrogen-bond acceptors (Lipinski definition) is 2.